The lowest BCUT2D eigenvalue weighted by Crippen LogP contribution is -2.35. The molecule has 0 aromatic heterocycles. The van der Waals surface area contributed by atoms with Gasteiger partial charge in [-0.05, 0) is 31.4 Å². The summed E-state index contributed by atoms with van der Waals surface area (Å²) in [4.78, 5) is 13.8. The van der Waals surface area contributed by atoms with E-state index in [9.17, 15) is 13.2 Å². The van der Waals surface area contributed by atoms with E-state index >= 15 is 0 Å². The summed E-state index contributed by atoms with van der Waals surface area (Å²) in [6.45, 7) is 1.26. The summed E-state index contributed by atoms with van der Waals surface area (Å²) in [6, 6.07) is 2.33. The quantitative estimate of drug-likeness (QED) is 0.899. The first kappa shape index (κ1) is 15.6. The van der Waals surface area contributed by atoms with Crippen LogP contribution in [0.5, 0.6) is 0 Å². The Bertz CT molecular complexity index is 640. The fourth-order valence-electron chi connectivity index (χ4n) is 2.15. The average Bonchev–Trinajstić information content (AvgIpc) is 2.40. The standard InChI is InChI=1S/C12H14Cl2N2O3S/c13-10-7-8(20(15,18)19)6-9(11(10)14)12(17)16-4-2-1-3-5-16/h6-7H,1-5H2,(H2,15,18,19). The molecule has 0 unspecified atom stereocenters. The number of likely N-dealkylation sites (tertiary alicyclic amines) is 1. The minimum atomic E-state index is -3.94. The van der Waals surface area contributed by atoms with Gasteiger partial charge in [0.05, 0.1) is 20.5 Å². The number of halogens is 2. The average molecular weight is 337 g/mol. The summed E-state index contributed by atoms with van der Waals surface area (Å²) in [5.41, 5.74) is 0.0742. The summed E-state index contributed by atoms with van der Waals surface area (Å²) < 4.78 is 22.8. The van der Waals surface area contributed by atoms with Crippen molar-refractivity contribution in [2.24, 2.45) is 5.14 Å². The SMILES string of the molecule is NS(=O)(=O)c1cc(Cl)c(Cl)c(C(=O)N2CCCCC2)c1. The molecular formula is C12H14Cl2N2O3S. The van der Waals surface area contributed by atoms with Gasteiger partial charge in [0.25, 0.3) is 5.91 Å². The number of hydrogen-bond donors (Lipinski definition) is 1. The lowest BCUT2D eigenvalue weighted by atomic mass is 10.1. The monoisotopic (exact) mass is 336 g/mol. The highest BCUT2D eigenvalue weighted by molar-refractivity contribution is 7.89. The molecule has 1 heterocycles. The molecule has 5 nitrogen and oxygen atoms in total. The van der Waals surface area contributed by atoms with E-state index in [2.05, 4.69) is 0 Å². The number of amides is 1. The van der Waals surface area contributed by atoms with Gasteiger partial charge in [-0.25, -0.2) is 13.6 Å². The zero-order valence-electron chi connectivity index (χ0n) is 10.6. The van der Waals surface area contributed by atoms with Crippen LogP contribution in [0.4, 0.5) is 0 Å². The predicted molar refractivity (Wildman–Crippen MR) is 77.6 cm³/mol. The van der Waals surface area contributed by atoms with E-state index in [1.807, 2.05) is 0 Å². The van der Waals surface area contributed by atoms with Crippen molar-refractivity contribution in [3.63, 3.8) is 0 Å². The van der Waals surface area contributed by atoms with Crippen LogP contribution in [0.1, 0.15) is 29.6 Å². The summed E-state index contributed by atoms with van der Waals surface area (Å²) in [7, 11) is -3.94. The molecule has 1 saturated heterocycles. The summed E-state index contributed by atoms with van der Waals surface area (Å²) in [5, 5.41) is 5.12. The molecule has 2 N–H and O–H groups in total. The van der Waals surface area contributed by atoms with E-state index in [0.29, 0.717) is 13.1 Å². The first-order valence-corrected chi connectivity index (χ1v) is 8.42. The van der Waals surface area contributed by atoms with Gasteiger partial charge in [0, 0.05) is 13.1 Å². The van der Waals surface area contributed by atoms with Crippen LogP contribution >= 0.6 is 23.2 Å². The number of carbonyl (C=O) groups is 1. The lowest BCUT2D eigenvalue weighted by molar-refractivity contribution is 0.0724. The van der Waals surface area contributed by atoms with Crippen LogP contribution in [0.15, 0.2) is 17.0 Å². The Morgan fingerprint density at radius 2 is 1.75 bits per heavy atom. The Kier molecular flexibility index (Phi) is 4.59. The Labute approximate surface area is 127 Å². The molecular weight excluding hydrogens is 323 g/mol. The normalized spacial score (nSPS) is 16.2. The van der Waals surface area contributed by atoms with Crippen molar-refractivity contribution < 1.29 is 13.2 Å². The second kappa shape index (κ2) is 5.89. The largest absolute Gasteiger partial charge is 0.339 e. The fraction of sp³-hybridized carbons (Fsp3) is 0.417. The topological polar surface area (TPSA) is 80.5 Å². The number of sulfonamides is 1. The minimum Gasteiger partial charge on any atom is -0.339 e. The van der Waals surface area contributed by atoms with Crippen LogP contribution < -0.4 is 5.14 Å². The van der Waals surface area contributed by atoms with Crippen molar-refractivity contribution in [2.45, 2.75) is 24.2 Å². The Morgan fingerprint density at radius 1 is 1.15 bits per heavy atom. The highest BCUT2D eigenvalue weighted by Crippen LogP contribution is 2.30. The van der Waals surface area contributed by atoms with Crippen molar-refractivity contribution in [3.8, 4) is 0 Å². The van der Waals surface area contributed by atoms with Crippen molar-refractivity contribution in [1.82, 2.24) is 4.90 Å². The number of benzene rings is 1. The number of primary sulfonamides is 1. The van der Waals surface area contributed by atoms with Gasteiger partial charge >= 0.3 is 0 Å². The molecule has 0 atom stereocenters. The van der Waals surface area contributed by atoms with E-state index < -0.39 is 10.0 Å². The number of nitrogens with zero attached hydrogens (tertiary/aromatic N) is 1. The van der Waals surface area contributed by atoms with Gasteiger partial charge in [-0.1, -0.05) is 23.2 Å². The van der Waals surface area contributed by atoms with Gasteiger partial charge in [-0.15, -0.1) is 0 Å². The van der Waals surface area contributed by atoms with Crippen molar-refractivity contribution in [3.05, 3.63) is 27.7 Å². The zero-order valence-corrected chi connectivity index (χ0v) is 12.9. The van der Waals surface area contributed by atoms with Gasteiger partial charge in [0.2, 0.25) is 10.0 Å². The third kappa shape index (κ3) is 3.25. The molecule has 0 saturated carbocycles. The number of piperidine rings is 1. The molecule has 1 aliphatic heterocycles. The van der Waals surface area contributed by atoms with E-state index in [1.165, 1.54) is 6.07 Å². The second-order valence-corrected chi connectivity index (χ2v) is 7.01. The van der Waals surface area contributed by atoms with Gasteiger partial charge in [0.1, 0.15) is 0 Å². The van der Waals surface area contributed by atoms with Crippen molar-refractivity contribution in [1.29, 1.82) is 0 Å². The lowest BCUT2D eigenvalue weighted by Gasteiger charge is -2.27. The van der Waals surface area contributed by atoms with E-state index in [0.717, 1.165) is 25.3 Å². The maximum absolute atomic E-state index is 12.4. The minimum absolute atomic E-state index is 0.00134. The Morgan fingerprint density at radius 3 is 2.30 bits per heavy atom. The zero-order chi connectivity index (χ0) is 14.9. The first-order valence-electron chi connectivity index (χ1n) is 6.12. The number of nitrogens with two attached hydrogens (primary N) is 1. The molecule has 2 rings (SSSR count). The molecule has 0 spiro atoms. The molecule has 8 heteroatoms. The smallest absolute Gasteiger partial charge is 0.255 e. The molecule has 110 valence electrons. The molecule has 1 fully saturated rings. The Hall–Kier alpha value is -0.820. The highest BCUT2D eigenvalue weighted by Gasteiger charge is 2.24. The first-order chi connectivity index (χ1) is 9.30. The fourth-order valence-corrected chi connectivity index (χ4v) is 3.19. The van der Waals surface area contributed by atoms with Crippen LogP contribution in [-0.2, 0) is 10.0 Å². The van der Waals surface area contributed by atoms with Gasteiger partial charge in [-0.3, -0.25) is 4.79 Å². The van der Waals surface area contributed by atoms with E-state index in [4.69, 9.17) is 28.3 Å². The van der Waals surface area contributed by atoms with Crippen LogP contribution in [0.2, 0.25) is 10.0 Å². The maximum Gasteiger partial charge on any atom is 0.255 e. The Balaban J connectivity index is 2.44. The second-order valence-electron chi connectivity index (χ2n) is 4.66. The third-order valence-electron chi connectivity index (χ3n) is 3.20. The summed E-state index contributed by atoms with van der Waals surface area (Å²) >= 11 is 11.9. The van der Waals surface area contributed by atoms with Crippen LogP contribution in [0.3, 0.4) is 0 Å². The summed E-state index contributed by atoms with van der Waals surface area (Å²) in [6.07, 6.45) is 2.92. The van der Waals surface area contributed by atoms with Crippen LogP contribution in [0.25, 0.3) is 0 Å². The molecule has 1 aromatic rings. The van der Waals surface area contributed by atoms with Gasteiger partial charge in [-0.2, -0.15) is 0 Å². The van der Waals surface area contributed by atoms with Crippen molar-refractivity contribution in [2.75, 3.05) is 13.1 Å². The number of hydrogen-bond acceptors (Lipinski definition) is 3. The number of rotatable bonds is 2. The molecule has 1 aromatic carbocycles. The third-order valence-corrected chi connectivity index (χ3v) is 4.90. The van der Waals surface area contributed by atoms with Crippen molar-refractivity contribution >= 4 is 39.1 Å². The molecule has 1 aliphatic rings. The maximum atomic E-state index is 12.4. The van der Waals surface area contributed by atoms with Gasteiger partial charge < -0.3 is 4.90 Å². The van der Waals surface area contributed by atoms with Crippen LogP contribution in [-0.4, -0.2) is 32.3 Å². The molecule has 0 radical (unpaired) electrons. The highest BCUT2D eigenvalue weighted by atomic mass is 35.5. The predicted octanol–water partition coefficient (Wildman–Crippen LogP) is 2.27. The number of carbonyl (C=O) groups excluding carboxylic acids is 1. The van der Waals surface area contributed by atoms with Crippen LogP contribution in [0, 0.1) is 0 Å². The van der Waals surface area contributed by atoms with E-state index in [1.54, 1.807) is 4.90 Å². The van der Waals surface area contributed by atoms with Gasteiger partial charge in [0.15, 0.2) is 0 Å². The molecule has 20 heavy (non-hydrogen) atoms. The molecule has 0 bridgehead atoms. The summed E-state index contributed by atoms with van der Waals surface area (Å²) in [5.74, 6) is -0.317. The molecule has 0 aliphatic carbocycles. The molecule has 1 amide bonds. The van der Waals surface area contributed by atoms with E-state index in [-0.39, 0.29) is 26.4 Å².